The van der Waals surface area contributed by atoms with Crippen LogP contribution in [0.25, 0.3) is 16.9 Å². The monoisotopic (exact) mass is 475 g/mol. The van der Waals surface area contributed by atoms with Crippen molar-refractivity contribution >= 4 is 17.4 Å². The smallest absolute Gasteiger partial charge is 0.258 e. The van der Waals surface area contributed by atoms with Crippen LogP contribution in [0.3, 0.4) is 0 Å². The van der Waals surface area contributed by atoms with E-state index in [2.05, 4.69) is 25.0 Å². The van der Waals surface area contributed by atoms with Gasteiger partial charge in [0.05, 0.1) is 17.3 Å². The third kappa shape index (κ3) is 3.69. The van der Waals surface area contributed by atoms with Crippen molar-refractivity contribution in [2.45, 2.75) is 13.8 Å². The minimum atomic E-state index is -0.590. The van der Waals surface area contributed by atoms with Crippen LogP contribution in [0, 0.1) is 37.3 Å². The van der Waals surface area contributed by atoms with E-state index in [1.807, 2.05) is 19.9 Å². The van der Waals surface area contributed by atoms with Crippen molar-refractivity contribution in [1.82, 2.24) is 29.5 Å². The first-order valence-corrected chi connectivity index (χ1v) is 11.5. The second-order valence-corrected chi connectivity index (χ2v) is 9.32. The molecule has 6 heterocycles. The second-order valence-electron chi connectivity index (χ2n) is 9.32. The maximum Gasteiger partial charge on any atom is 0.258 e. The predicted molar refractivity (Wildman–Crippen MR) is 125 cm³/mol. The Morgan fingerprint density at radius 2 is 1.69 bits per heavy atom. The summed E-state index contributed by atoms with van der Waals surface area (Å²) < 4.78 is 29.8. The van der Waals surface area contributed by atoms with Gasteiger partial charge in [-0.15, -0.1) is 0 Å². The van der Waals surface area contributed by atoms with Crippen molar-refractivity contribution in [3.05, 3.63) is 71.3 Å². The number of anilines is 1. The van der Waals surface area contributed by atoms with Crippen LogP contribution >= 0.6 is 0 Å². The van der Waals surface area contributed by atoms with E-state index in [0.29, 0.717) is 18.6 Å². The molecule has 0 saturated carbocycles. The topological polar surface area (TPSA) is 79.5 Å². The Balaban J connectivity index is 1.30. The fraction of sp³-hybridized carbons (Fsp3) is 0.320. The molecule has 2 atom stereocenters. The molecule has 0 unspecified atom stereocenters. The van der Waals surface area contributed by atoms with Crippen LogP contribution in [-0.4, -0.2) is 61.6 Å². The summed E-state index contributed by atoms with van der Waals surface area (Å²) in [7, 11) is 0. The molecular weight excluding hydrogens is 452 g/mol. The number of nitrogens with zero attached hydrogens (tertiary/aromatic N) is 7. The summed E-state index contributed by atoms with van der Waals surface area (Å²) in [5, 5.41) is 4.34. The zero-order valence-corrected chi connectivity index (χ0v) is 19.3. The van der Waals surface area contributed by atoms with Gasteiger partial charge in [-0.05, 0) is 44.2 Å². The van der Waals surface area contributed by atoms with Crippen molar-refractivity contribution in [2.24, 2.45) is 11.8 Å². The Hall–Kier alpha value is -3.95. The van der Waals surface area contributed by atoms with Gasteiger partial charge in [-0.1, -0.05) is 0 Å². The van der Waals surface area contributed by atoms with Crippen molar-refractivity contribution in [3.63, 3.8) is 0 Å². The number of pyridine rings is 2. The number of hydrogen-bond donors (Lipinski definition) is 0. The quantitative estimate of drug-likeness (QED) is 0.453. The first-order chi connectivity index (χ1) is 16.9. The normalized spacial score (nSPS) is 19.5. The number of carbonyl (C=O) groups is 1. The summed E-state index contributed by atoms with van der Waals surface area (Å²) in [4.78, 5) is 31.0. The SMILES string of the molecule is Cc1cc(C)nc(N2C[C@H]3CN(C(=O)c4c(-c5ncccc5F)nn5cc(F)ccc45)C[C@H]3C2)n1. The first kappa shape index (κ1) is 21.6. The highest BCUT2D eigenvalue weighted by Crippen LogP contribution is 2.35. The third-order valence-electron chi connectivity index (χ3n) is 6.82. The van der Waals surface area contributed by atoms with Gasteiger partial charge in [0.2, 0.25) is 5.95 Å². The van der Waals surface area contributed by atoms with E-state index in [-0.39, 0.29) is 34.7 Å². The Bertz CT molecular complexity index is 1440. The van der Waals surface area contributed by atoms with E-state index >= 15 is 0 Å². The highest BCUT2D eigenvalue weighted by atomic mass is 19.1. The van der Waals surface area contributed by atoms with Crippen molar-refractivity contribution in [2.75, 3.05) is 31.1 Å². The number of aromatic nitrogens is 5. The van der Waals surface area contributed by atoms with E-state index in [4.69, 9.17) is 0 Å². The number of rotatable bonds is 3. The molecule has 2 aliphatic rings. The van der Waals surface area contributed by atoms with Crippen molar-refractivity contribution in [3.8, 4) is 11.4 Å². The fourth-order valence-electron chi connectivity index (χ4n) is 5.29. The lowest BCUT2D eigenvalue weighted by molar-refractivity contribution is 0.0785. The number of fused-ring (bicyclic) bond motifs is 2. The van der Waals surface area contributed by atoms with Gasteiger partial charge in [-0.2, -0.15) is 5.10 Å². The molecule has 35 heavy (non-hydrogen) atoms. The number of likely N-dealkylation sites (tertiary alicyclic amines) is 1. The zero-order valence-electron chi connectivity index (χ0n) is 19.3. The predicted octanol–water partition coefficient (Wildman–Crippen LogP) is 3.29. The lowest BCUT2D eigenvalue weighted by Crippen LogP contribution is -2.34. The Morgan fingerprint density at radius 3 is 2.37 bits per heavy atom. The Kier molecular flexibility index (Phi) is 4.98. The van der Waals surface area contributed by atoms with Gasteiger partial charge in [0, 0.05) is 55.6 Å². The van der Waals surface area contributed by atoms with Crippen LogP contribution in [0.5, 0.6) is 0 Å². The van der Waals surface area contributed by atoms with Crippen LogP contribution in [0.1, 0.15) is 21.7 Å². The molecule has 0 N–H and O–H groups in total. The van der Waals surface area contributed by atoms with Crippen molar-refractivity contribution in [1.29, 1.82) is 0 Å². The molecule has 0 bridgehead atoms. The minimum absolute atomic E-state index is 0.0301. The first-order valence-electron chi connectivity index (χ1n) is 11.5. The molecule has 0 aromatic carbocycles. The van der Waals surface area contributed by atoms with Crippen LogP contribution in [-0.2, 0) is 0 Å². The van der Waals surface area contributed by atoms with Crippen LogP contribution in [0.2, 0.25) is 0 Å². The number of hydrogen-bond acceptors (Lipinski definition) is 6. The average molecular weight is 476 g/mol. The minimum Gasteiger partial charge on any atom is -0.340 e. The second kappa shape index (κ2) is 8.07. The van der Waals surface area contributed by atoms with E-state index < -0.39 is 11.6 Å². The maximum atomic E-state index is 14.6. The molecule has 2 aliphatic heterocycles. The van der Waals surface area contributed by atoms with Crippen molar-refractivity contribution < 1.29 is 13.6 Å². The standard InChI is InChI=1S/C25H23F2N7O/c1-14-8-15(2)30-25(29-14)33-11-16-9-32(10-17(16)12-33)24(35)21-20-6-5-18(26)13-34(20)31-23(21)22-19(27)4-3-7-28-22/h3-8,13,16-17H,9-12H2,1-2H3/t16-,17+. The lowest BCUT2D eigenvalue weighted by Gasteiger charge is -2.22. The van der Waals surface area contributed by atoms with Gasteiger partial charge in [0.25, 0.3) is 5.91 Å². The average Bonchev–Trinajstić information content (AvgIpc) is 3.49. The summed E-state index contributed by atoms with van der Waals surface area (Å²) in [6, 6.07) is 7.46. The summed E-state index contributed by atoms with van der Waals surface area (Å²) in [6.45, 7) is 6.57. The molecule has 178 valence electrons. The van der Waals surface area contributed by atoms with E-state index in [9.17, 15) is 13.6 Å². The molecule has 4 aromatic rings. The Morgan fingerprint density at radius 1 is 0.971 bits per heavy atom. The molecule has 2 saturated heterocycles. The van der Waals surface area contributed by atoms with Gasteiger partial charge in [-0.25, -0.2) is 23.3 Å². The maximum absolute atomic E-state index is 14.6. The molecule has 0 aliphatic carbocycles. The molecule has 10 heteroatoms. The van der Waals surface area contributed by atoms with Gasteiger partial charge < -0.3 is 9.80 Å². The van der Waals surface area contributed by atoms with E-state index in [0.717, 1.165) is 30.4 Å². The molecule has 4 aromatic heterocycles. The van der Waals surface area contributed by atoms with Crippen LogP contribution in [0.4, 0.5) is 14.7 Å². The molecule has 2 fully saturated rings. The molecular formula is C25H23F2N7O. The fourth-order valence-corrected chi connectivity index (χ4v) is 5.29. The van der Waals surface area contributed by atoms with Gasteiger partial charge >= 0.3 is 0 Å². The highest BCUT2D eigenvalue weighted by Gasteiger charge is 2.43. The molecule has 0 radical (unpaired) electrons. The van der Waals surface area contributed by atoms with Gasteiger partial charge in [0.15, 0.2) is 5.82 Å². The largest absolute Gasteiger partial charge is 0.340 e. The number of aryl methyl sites for hydroxylation is 2. The summed E-state index contributed by atoms with van der Waals surface area (Å²) >= 11 is 0. The summed E-state index contributed by atoms with van der Waals surface area (Å²) in [6.07, 6.45) is 2.62. The van der Waals surface area contributed by atoms with Crippen LogP contribution < -0.4 is 4.90 Å². The number of amides is 1. The van der Waals surface area contributed by atoms with Crippen LogP contribution in [0.15, 0.2) is 42.7 Å². The van der Waals surface area contributed by atoms with E-state index in [1.54, 1.807) is 4.90 Å². The molecule has 1 amide bonds. The molecule has 0 spiro atoms. The highest BCUT2D eigenvalue weighted by molar-refractivity contribution is 6.06. The van der Waals surface area contributed by atoms with E-state index in [1.165, 1.54) is 41.2 Å². The Labute approximate surface area is 200 Å². The summed E-state index contributed by atoms with van der Waals surface area (Å²) in [5.41, 5.74) is 2.59. The van der Waals surface area contributed by atoms with Gasteiger partial charge in [0.1, 0.15) is 17.2 Å². The van der Waals surface area contributed by atoms with Gasteiger partial charge in [-0.3, -0.25) is 9.78 Å². The zero-order chi connectivity index (χ0) is 24.3. The number of halogens is 2. The summed E-state index contributed by atoms with van der Waals surface area (Å²) in [5.74, 6) is -0.0674. The lowest BCUT2D eigenvalue weighted by atomic mass is 10.0. The molecule has 6 rings (SSSR count). The number of carbonyl (C=O) groups excluding carboxylic acids is 1. The molecule has 8 nitrogen and oxygen atoms in total. The third-order valence-corrected chi connectivity index (χ3v) is 6.82.